The van der Waals surface area contributed by atoms with E-state index in [1.54, 1.807) is 29.7 Å². The normalized spacial score (nSPS) is 17.1. The van der Waals surface area contributed by atoms with Crippen LogP contribution in [0.25, 0.3) is 0 Å². The molecule has 1 unspecified atom stereocenters. The Morgan fingerprint density at radius 3 is 2.75 bits per heavy atom. The van der Waals surface area contributed by atoms with Crippen LogP contribution in [0.4, 0.5) is 5.00 Å². The minimum atomic E-state index is -0.0841. The summed E-state index contributed by atoms with van der Waals surface area (Å²) in [6.45, 7) is 6.50. The van der Waals surface area contributed by atoms with Gasteiger partial charge in [-0.2, -0.15) is 0 Å². The fraction of sp³-hybridized carbons (Fsp3) is 0.278. The van der Waals surface area contributed by atoms with Gasteiger partial charge in [-0.25, -0.2) is 4.90 Å². The predicted molar refractivity (Wildman–Crippen MR) is 91.3 cm³/mol. The Labute approximate surface area is 144 Å². The van der Waals surface area contributed by atoms with Gasteiger partial charge in [0, 0.05) is 10.4 Å². The number of hydrogen-bond acceptors (Lipinski definition) is 4. The van der Waals surface area contributed by atoms with Gasteiger partial charge in [0.2, 0.25) is 0 Å². The predicted octanol–water partition coefficient (Wildman–Crippen LogP) is 2.75. The summed E-state index contributed by atoms with van der Waals surface area (Å²) in [6, 6.07) is 7.34. The zero-order chi connectivity index (χ0) is 16.7. The number of hydrogen-bond donors (Lipinski definition) is 1. The van der Waals surface area contributed by atoms with Crippen molar-refractivity contribution in [1.82, 2.24) is 0 Å². The fourth-order valence-electron chi connectivity index (χ4n) is 3.16. The molecule has 0 aliphatic carbocycles. The number of anilines is 1. The van der Waals surface area contributed by atoms with E-state index in [9.17, 15) is 4.79 Å². The van der Waals surface area contributed by atoms with Crippen molar-refractivity contribution in [2.75, 3.05) is 11.6 Å². The first-order valence-electron chi connectivity index (χ1n) is 7.93. The summed E-state index contributed by atoms with van der Waals surface area (Å²) in [6.07, 6.45) is 3.23. The van der Waals surface area contributed by atoms with Crippen molar-refractivity contribution in [3.05, 3.63) is 64.3 Å². The first-order chi connectivity index (χ1) is 11.6. The number of fused-ring (bicyclic) bond motifs is 1. The van der Waals surface area contributed by atoms with Crippen molar-refractivity contribution in [3.8, 4) is 0 Å². The monoisotopic (exact) mass is 343 g/mol. The van der Waals surface area contributed by atoms with Gasteiger partial charge in [0.25, 0.3) is 5.91 Å². The second kappa shape index (κ2) is 5.96. The van der Waals surface area contributed by atoms with Crippen molar-refractivity contribution < 1.29 is 18.5 Å². The Morgan fingerprint density at radius 2 is 2.04 bits per heavy atom. The summed E-state index contributed by atoms with van der Waals surface area (Å²) >= 11 is 1.69. The van der Waals surface area contributed by atoms with Gasteiger partial charge in [-0.05, 0) is 43.7 Å². The van der Waals surface area contributed by atoms with E-state index >= 15 is 0 Å². The first kappa shape index (κ1) is 15.2. The third-order valence-corrected chi connectivity index (χ3v) is 5.80. The fourth-order valence-corrected chi connectivity index (χ4v) is 4.33. The van der Waals surface area contributed by atoms with Crippen LogP contribution < -0.4 is 9.80 Å². The molecular formula is C18H19N2O3S+. The molecule has 0 bridgehead atoms. The molecule has 124 valence electrons. The number of amides is 1. The smallest absolute Gasteiger partial charge is 0.298 e. The number of nitrogens with one attached hydrogen (secondary N) is 1. The van der Waals surface area contributed by atoms with Gasteiger partial charge in [0.15, 0.2) is 18.2 Å². The zero-order valence-electron chi connectivity index (χ0n) is 13.7. The van der Waals surface area contributed by atoms with Crippen LogP contribution in [0.3, 0.4) is 0 Å². The first-order valence-corrected chi connectivity index (χ1v) is 8.75. The number of nitrogens with zero attached hydrogens (tertiary/aromatic N) is 1. The molecule has 4 rings (SSSR count). The third kappa shape index (κ3) is 2.57. The summed E-state index contributed by atoms with van der Waals surface area (Å²) in [5.74, 6) is 1.23. The van der Waals surface area contributed by atoms with Gasteiger partial charge >= 0.3 is 0 Å². The van der Waals surface area contributed by atoms with Gasteiger partial charge in [0.05, 0.1) is 12.5 Å². The van der Waals surface area contributed by atoms with Crippen molar-refractivity contribution in [1.29, 1.82) is 0 Å². The number of carbonyl (C=O) groups excluding carboxylic acids is 1. The van der Waals surface area contributed by atoms with Crippen LogP contribution in [0.1, 0.15) is 32.3 Å². The number of quaternary nitrogens is 1. The molecule has 4 heterocycles. The quantitative estimate of drug-likeness (QED) is 0.796. The molecule has 3 aromatic rings. The molecule has 3 aromatic heterocycles. The molecule has 0 saturated carbocycles. The van der Waals surface area contributed by atoms with Crippen molar-refractivity contribution in [2.45, 2.75) is 26.9 Å². The van der Waals surface area contributed by atoms with Crippen LogP contribution in [0.5, 0.6) is 0 Å². The highest BCUT2D eigenvalue weighted by Gasteiger charge is 2.35. The van der Waals surface area contributed by atoms with Gasteiger partial charge < -0.3 is 13.7 Å². The van der Waals surface area contributed by atoms with Crippen LogP contribution in [0.2, 0.25) is 0 Å². The van der Waals surface area contributed by atoms with Crippen molar-refractivity contribution >= 4 is 22.2 Å². The van der Waals surface area contributed by atoms with Crippen LogP contribution in [-0.2, 0) is 13.1 Å². The largest absolute Gasteiger partial charge is 0.463 e. The van der Waals surface area contributed by atoms with E-state index in [-0.39, 0.29) is 5.91 Å². The Hall–Kier alpha value is -2.31. The number of furan rings is 2. The average molecular weight is 343 g/mol. The minimum absolute atomic E-state index is 0.0841. The Balaban J connectivity index is 1.69. The Morgan fingerprint density at radius 1 is 1.25 bits per heavy atom. The zero-order valence-corrected chi connectivity index (χ0v) is 14.5. The minimum Gasteiger partial charge on any atom is -0.463 e. The lowest BCUT2D eigenvalue weighted by molar-refractivity contribution is -0.928. The van der Waals surface area contributed by atoms with Gasteiger partial charge in [-0.15, -0.1) is 11.3 Å². The molecular weight excluding hydrogens is 324 g/mol. The van der Waals surface area contributed by atoms with Crippen molar-refractivity contribution in [2.24, 2.45) is 0 Å². The highest BCUT2D eigenvalue weighted by molar-refractivity contribution is 7.16. The van der Waals surface area contributed by atoms with Gasteiger partial charge in [-0.3, -0.25) is 4.79 Å². The lowest BCUT2D eigenvalue weighted by Gasteiger charge is -2.32. The highest BCUT2D eigenvalue weighted by atomic mass is 32.1. The second-order valence-corrected chi connectivity index (χ2v) is 7.32. The molecule has 0 saturated heterocycles. The number of rotatable bonds is 3. The van der Waals surface area contributed by atoms with E-state index in [0.717, 1.165) is 23.9 Å². The number of carbonyl (C=O) groups is 1. The molecule has 5 nitrogen and oxygen atoms in total. The summed E-state index contributed by atoms with van der Waals surface area (Å²) < 4.78 is 10.8. The molecule has 0 fully saturated rings. The maximum atomic E-state index is 12.9. The number of thiophene rings is 1. The molecule has 24 heavy (non-hydrogen) atoms. The molecule has 1 amide bonds. The van der Waals surface area contributed by atoms with Crippen molar-refractivity contribution in [3.63, 3.8) is 0 Å². The molecule has 0 aromatic carbocycles. The maximum absolute atomic E-state index is 12.9. The SMILES string of the molecule is Cc1sc2c(c1C)C[NH+](Cc1ccco1)CN2C(=O)c1ccco1. The molecule has 0 radical (unpaired) electrons. The van der Waals surface area contributed by atoms with Crippen LogP contribution >= 0.6 is 11.3 Å². The maximum Gasteiger partial charge on any atom is 0.298 e. The molecule has 6 heteroatoms. The Kier molecular flexibility index (Phi) is 3.78. The van der Waals surface area contributed by atoms with E-state index in [0.29, 0.717) is 12.4 Å². The molecule has 1 atom stereocenters. The summed E-state index contributed by atoms with van der Waals surface area (Å²) in [5, 5.41) is 1.05. The van der Waals surface area contributed by atoms with E-state index < -0.39 is 0 Å². The third-order valence-electron chi connectivity index (χ3n) is 4.52. The summed E-state index contributed by atoms with van der Waals surface area (Å²) in [7, 11) is 0. The van der Waals surface area contributed by atoms with E-state index in [4.69, 9.17) is 8.83 Å². The molecule has 1 N–H and O–H groups in total. The Bertz CT molecular complexity index is 849. The molecule has 1 aliphatic heterocycles. The standard InChI is InChI=1S/C18H18N2O3S/c1-12-13(2)24-18-15(12)10-19(9-14-5-3-7-22-14)11-20(18)17(21)16-6-4-8-23-16/h3-8H,9-11H2,1-2H3/p+1. The number of aryl methyl sites for hydroxylation is 1. The van der Waals surface area contributed by atoms with Crippen LogP contribution in [0.15, 0.2) is 45.6 Å². The summed E-state index contributed by atoms with van der Waals surface area (Å²) in [5.41, 5.74) is 2.54. The van der Waals surface area contributed by atoms with E-state index in [2.05, 4.69) is 13.8 Å². The summed E-state index contributed by atoms with van der Waals surface area (Å²) in [4.78, 5) is 17.3. The van der Waals surface area contributed by atoms with E-state index in [1.165, 1.54) is 27.2 Å². The van der Waals surface area contributed by atoms with Crippen LogP contribution in [-0.4, -0.2) is 12.6 Å². The lowest BCUT2D eigenvalue weighted by Crippen LogP contribution is -3.12. The average Bonchev–Trinajstić information content (AvgIpc) is 3.31. The molecule has 1 aliphatic rings. The van der Waals surface area contributed by atoms with Gasteiger partial charge in [0.1, 0.15) is 18.1 Å². The second-order valence-electron chi connectivity index (χ2n) is 6.12. The van der Waals surface area contributed by atoms with Crippen LogP contribution in [0, 0.1) is 13.8 Å². The highest BCUT2D eigenvalue weighted by Crippen LogP contribution is 2.36. The van der Waals surface area contributed by atoms with E-state index in [1.807, 2.05) is 17.0 Å². The lowest BCUT2D eigenvalue weighted by atomic mass is 10.1. The topological polar surface area (TPSA) is 51.0 Å². The van der Waals surface area contributed by atoms with Gasteiger partial charge in [-0.1, -0.05) is 0 Å². The molecule has 0 spiro atoms.